The molecule has 0 aromatic heterocycles. The third-order valence-electron chi connectivity index (χ3n) is 4.45. The van der Waals surface area contributed by atoms with Crippen LogP contribution in [-0.2, 0) is 4.79 Å². The predicted octanol–water partition coefficient (Wildman–Crippen LogP) is 2.74. The highest BCUT2D eigenvalue weighted by Gasteiger charge is 2.41. The zero-order chi connectivity index (χ0) is 14.8. The van der Waals surface area contributed by atoms with E-state index in [1.807, 2.05) is 12.1 Å². The molecule has 4 nitrogen and oxygen atoms in total. The molecule has 110 valence electrons. The van der Waals surface area contributed by atoms with Crippen LogP contribution in [0.25, 0.3) is 0 Å². The van der Waals surface area contributed by atoms with E-state index < -0.39 is 5.97 Å². The maximum atomic E-state index is 10.8. The van der Waals surface area contributed by atoms with Gasteiger partial charge in [0.05, 0.1) is 13.5 Å². The van der Waals surface area contributed by atoms with Gasteiger partial charge in [-0.05, 0) is 44.5 Å². The maximum absolute atomic E-state index is 10.8. The monoisotopic (exact) mass is 277 g/mol. The Morgan fingerprint density at radius 3 is 2.90 bits per heavy atom. The Bertz CT molecular complexity index is 484. The molecule has 0 aliphatic carbocycles. The normalized spacial score (nSPS) is 21.9. The summed E-state index contributed by atoms with van der Waals surface area (Å²) in [5, 5.41) is 8.85. The minimum Gasteiger partial charge on any atom is -0.497 e. The van der Waals surface area contributed by atoms with Crippen LogP contribution in [0.15, 0.2) is 24.3 Å². The Morgan fingerprint density at radius 2 is 2.25 bits per heavy atom. The van der Waals surface area contributed by atoms with Gasteiger partial charge >= 0.3 is 5.97 Å². The first-order valence-corrected chi connectivity index (χ1v) is 7.06. The van der Waals surface area contributed by atoms with E-state index >= 15 is 0 Å². The Labute approximate surface area is 120 Å². The minimum absolute atomic E-state index is 0.0260. The Balaban J connectivity index is 2.15. The van der Waals surface area contributed by atoms with Gasteiger partial charge in [0.1, 0.15) is 5.75 Å². The molecule has 0 bridgehead atoms. The van der Waals surface area contributed by atoms with Gasteiger partial charge in [0.15, 0.2) is 0 Å². The van der Waals surface area contributed by atoms with E-state index in [-0.39, 0.29) is 12.0 Å². The molecule has 0 spiro atoms. The van der Waals surface area contributed by atoms with Crippen molar-refractivity contribution in [3.63, 3.8) is 0 Å². The Kier molecular flexibility index (Phi) is 4.33. The summed E-state index contributed by atoms with van der Waals surface area (Å²) in [6.45, 7) is 5.96. The number of rotatable bonds is 5. The van der Waals surface area contributed by atoms with Crippen LogP contribution < -0.4 is 4.74 Å². The second kappa shape index (κ2) is 5.83. The van der Waals surface area contributed by atoms with Crippen molar-refractivity contribution in [2.75, 3.05) is 20.2 Å². The quantitative estimate of drug-likeness (QED) is 0.899. The van der Waals surface area contributed by atoms with Gasteiger partial charge in [-0.1, -0.05) is 12.1 Å². The average molecular weight is 277 g/mol. The van der Waals surface area contributed by atoms with Crippen LogP contribution in [0.3, 0.4) is 0 Å². The lowest BCUT2D eigenvalue weighted by Gasteiger charge is -2.36. The molecular weight excluding hydrogens is 254 g/mol. The fourth-order valence-corrected chi connectivity index (χ4v) is 3.21. The number of likely N-dealkylation sites (tertiary alicyclic amines) is 1. The van der Waals surface area contributed by atoms with Crippen LogP contribution in [0.5, 0.6) is 5.75 Å². The molecule has 1 saturated heterocycles. The number of benzene rings is 1. The van der Waals surface area contributed by atoms with E-state index in [4.69, 9.17) is 9.84 Å². The highest BCUT2D eigenvalue weighted by atomic mass is 16.5. The summed E-state index contributed by atoms with van der Waals surface area (Å²) >= 11 is 0. The molecule has 1 atom stereocenters. The fraction of sp³-hybridized carbons (Fsp3) is 0.562. The minimum atomic E-state index is -0.731. The van der Waals surface area contributed by atoms with Crippen molar-refractivity contribution in [1.29, 1.82) is 0 Å². The topological polar surface area (TPSA) is 49.8 Å². The van der Waals surface area contributed by atoms with Crippen LogP contribution in [0.2, 0.25) is 0 Å². The highest BCUT2D eigenvalue weighted by molar-refractivity contribution is 5.66. The number of methoxy groups -OCH3 is 1. The number of hydrogen-bond acceptors (Lipinski definition) is 3. The lowest BCUT2D eigenvalue weighted by molar-refractivity contribution is -0.137. The number of aliphatic carboxylic acids is 1. The molecule has 4 heteroatoms. The third-order valence-corrected chi connectivity index (χ3v) is 4.45. The molecule has 1 aromatic carbocycles. The molecule has 20 heavy (non-hydrogen) atoms. The molecule has 2 rings (SSSR count). The van der Waals surface area contributed by atoms with Gasteiger partial charge in [-0.3, -0.25) is 9.69 Å². The van der Waals surface area contributed by atoms with Crippen molar-refractivity contribution in [3.8, 4) is 5.75 Å². The number of ether oxygens (including phenoxy) is 1. The molecule has 0 saturated carbocycles. The molecule has 0 radical (unpaired) electrons. The van der Waals surface area contributed by atoms with E-state index in [0.717, 1.165) is 18.7 Å². The van der Waals surface area contributed by atoms with Crippen molar-refractivity contribution in [1.82, 2.24) is 4.90 Å². The summed E-state index contributed by atoms with van der Waals surface area (Å²) in [6, 6.07) is 8.19. The van der Waals surface area contributed by atoms with Crippen molar-refractivity contribution >= 4 is 5.97 Å². The number of carboxylic acid groups (broad SMARTS) is 1. The summed E-state index contributed by atoms with van der Waals surface area (Å²) in [5.41, 5.74) is 1.24. The lowest BCUT2D eigenvalue weighted by Crippen LogP contribution is -2.42. The van der Waals surface area contributed by atoms with Gasteiger partial charge < -0.3 is 9.84 Å². The largest absolute Gasteiger partial charge is 0.497 e. The Hall–Kier alpha value is -1.55. The third kappa shape index (κ3) is 2.96. The number of carbonyl (C=O) groups is 1. The van der Waals surface area contributed by atoms with E-state index in [1.165, 1.54) is 5.56 Å². The van der Waals surface area contributed by atoms with Gasteiger partial charge in [0.2, 0.25) is 0 Å². The SMILES string of the molecule is COc1cccc(C2CCN(CCC(=O)O)C2(C)C)c1. The molecule has 1 aliphatic rings. The summed E-state index contributed by atoms with van der Waals surface area (Å²) in [4.78, 5) is 13.0. The lowest BCUT2D eigenvalue weighted by atomic mass is 9.82. The zero-order valence-electron chi connectivity index (χ0n) is 12.4. The molecule has 1 N–H and O–H groups in total. The first-order valence-electron chi connectivity index (χ1n) is 7.06. The second-order valence-corrected chi connectivity index (χ2v) is 5.90. The number of carboxylic acids is 1. The van der Waals surface area contributed by atoms with Crippen molar-refractivity contribution in [3.05, 3.63) is 29.8 Å². The standard InChI is InChI=1S/C16H23NO3/c1-16(2)14(7-9-17(16)10-8-15(18)19)12-5-4-6-13(11-12)20-3/h4-6,11,14H,7-10H2,1-3H3,(H,18,19). The van der Waals surface area contributed by atoms with Crippen LogP contribution in [0.4, 0.5) is 0 Å². The molecule has 1 aliphatic heterocycles. The van der Waals surface area contributed by atoms with E-state index in [1.54, 1.807) is 7.11 Å². The van der Waals surface area contributed by atoms with Crippen molar-refractivity contribution < 1.29 is 14.6 Å². The number of nitrogens with zero attached hydrogens (tertiary/aromatic N) is 1. The Morgan fingerprint density at radius 1 is 1.50 bits per heavy atom. The van der Waals surface area contributed by atoms with Crippen LogP contribution in [-0.4, -0.2) is 41.7 Å². The summed E-state index contributed by atoms with van der Waals surface area (Å²) in [7, 11) is 1.68. The van der Waals surface area contributed by atoms with Crippen LogP contribution in [0.1, 0.15) is 38.2 Å². The molecular formula is C16H23NO3. The summed E-state index contributed by atoms with van der Waals surface area (Å²) < 4.78 is 5.30. The van der Waals surface area contributed by atoms with Crippen molar-refractivity contribution in [2.45, 2.75) is 38.1 Å². The summed E-state index contributed by atoms with van der Waals surface area (Å²) in [5.74, 6) is 0.555. The molecule has 1 fully saturated rings. The van der Waals surface area contributed by atoms with Crippen LogP contribution in [0, 0.1) is 0 Å². The predicted molar refractivity (Wildman–Crippen MR) is 78.3 cm³/mol. The van der Waals surface area contributed by atoms with E-state index in [0.29, 0.717) is 12.5 Å². The average Bonchev–Trinajstić information content (AvgIpc) is 2.71. The second-order valence-electron chi connectivity index (χ2n) is 5.90. The smallest absolute Gasteiger partial charge is 0.304 e. The van der Waals surface area contributed by atoms with Crippen molar-refractivity contribution in [2.24, 2.45) is 0 Å². The van der Waals surface area contributed by atoms with Crippen LogP contribution >= 0.6 is 0 Å². The molecule has 1 unspecified atom stereocenters. The van der Waals surface area contributed by atoms with Gasteiger partial charge in [0.25, 0.3) is 0 Å². The zero-order valence-corrected chi connectivity index (χ0v) is 12.4. The highest BCUT2D eigenvalue weighted by Crippen LogP contribution is 2.42. The number of hydrogen-bond donors (Lipinski definition) is 1. The van der Waals surface area contributed by atoms with Gasteiger partial charge in [-0.2, -0.15) is 0 Å². The van der Waals surface area contributed by atoms with E-state index in [9.17, 15) is 4.79 Å². The maximum Gasteiger partial charge on any atom is 0.304 e. The first kappa shape index (κ1) is 14.9. The van der Waals surface area contributed by atoms with E-state index in [2.05, 4.69) is 30.9 Å². The molecule has 1 heterocycles. The fourth-order valence-electron chi connectivity index (χ4n) is 3.21. The van der Waals surface area contributed by atoms with Gasteiger partial charge in [-0.25, -0.2) is 0 Å². The first-order chi connectivity index (χ1) is 9.45. The van der Waals surface area contributed by atoms with Gasteiger partial charge in [0, 0.05) is 18.0 Å². The molecule has 0 amide bonds. The molecule has 1 aromatic rings. The van der Waals surface area contributed by atoms with Gasteiger partial charge in [-0.15, -0.1) is 0 Å². The summed E-state index contributed by atoms with van der Waals surface area (Å²) in [6.07, 6.45) is 1.26.